The number of nitrogens with one attached hydrogen (secondary N) is 1. The molecule has 0 unspecified atom stereocenters. The molecule has 0 saturated carbocycles. The lowest BCUT2D eigenvalue weighted by Crippen LogP contribution is -2.27. The molecule has 1 N–H and O–H groups in total. The summed E-state index contributed by atoms with van der Waals surface area (Å²) >= 11 is 1.56. The lowest BCUT2D eigenvalue weighted by Gasteiger charge is -2.02. The van der Waals surface area contributed by atoms with Crippen LogP contribution in [0.3, 0.4) is 0 Å². The lowest BCUT2D eigenvalue weighted by atomic mass is 10.1. The summed E-state index contributed by atoms with van der Waals surface area (Å²) in [5, 5.41) is 4.89. The van der Waals surface area contributed by atoms with E-state index in [0.717, 1.165) is 23.2 Å². The summed E-state index contributed by atoms with van der Waals surface area (Å²) in [5.74, 6) is 1.18. The highest BCUT2D eigenvalue weighted by Gasteiger charge is 2.14. The second-order valence-corrected chi connectivity index (χ2v) is 6.37. The molecule has 0 aliphatic rings. The number of hydrogen-bond donors (Lipinski definition) is 1. The van der Waals surface area contributed by atoms with Crippen LogP contribution in [0.2, 0.25) is 0 Å². The Bertz CT molecular complexity index is 825. The number of hydrogen-bond acceptors (Lipinski definition) is 5. The average Bonchev–Trinajstić information content (AvgIpc) is 3.18. The molecule has 3 aromatic rings. The average molecular weight is 341 g/mol. The van der Waals surface area contributed by atoms with E-state index < -0.39 is 0 Å². The summed E-state index contributed by atoms with van der Waals surface area (Å²) in [4.78, 5) is 20.8. The van der Waals surface area contributed by atoms with E-state index in [1.54, 1.807) is 16.8 Å². The first kappa shape index (κ1) is 16.4. The van der Waals surface area contributed by atoms with E-state index in [2.05, 4.69) is 15.3 Å². The summed E-state index contributed by atoms with van der Waals surface area (Å²) in [6.07, 6.45) is 0.958. The van der Waals surface area contributed by atoms with Gasteiger partial charge in [-0.15, -0.1) is 11.3 Å². The standard InChI is InChI=1S/C18H19N3O2S/c1-12-4-3-5-14(8-12)18-21-16(13(2)23-18)9-17(22)19-7-6-15-10-24-11-20-15/h3-5,8,10-11H,6-7,9H2,1-2H3,(H,19,22). The fourth-order valence-corrected chi connectivity index (χ4v) is 2.99. The van der Waals surface area contributed by atoms with E-state index in [9.17, 15) is 4.79 Å². The Morgan fingerprint density at radius 1 is 1.33 bits per heavy atom. The zero-order valence-electron chi connectivity index (χ0n) is 13.7. The van der Waals surface area contributed by atoms with Crippen molar-refractivity contribution in [1.29, 1.82) is 0 Å². The molecule has 0 atom stereocenters. The number of rotatable bonds is 6. The van der Waals surface area contributed by atoms with Crippen molar-refractivity contribution < 1.29 is 9.21 Å². The number of nitrogens with zero attached hydrogens (tertiary/aromatic N) is 2. The van der Waals surface area contributed by atoms with Gasteiger partial charge >= 0.3 is 0 Å². The van der Waals surface area contributed by atoms with Gasteiger partial charge in [0, 0.05) is 23.9 Å². The summed E-state index contributed by atoms with van der Waals surface area (Å²) < 4.78 is 5.72. The molecule has 0 radical (unpaired) electrons. The van der Waals surface area contributed by atoms with Crippen LogP contribution in [0.15, 0.2) is 39.6 Å². The van der Waals surface area contributed by atoms with Crippen molar-refractivity contribution in [3.63, 3.8) is 0 Å². The van der Waals surface area contributed by atoms with Gasteiger partial charge in [-0.25, -0.2) is 9.97 Å². The Balaban J connectivity index is 1.59. The number of carbonyl (C=O) groups excluding carboxylic acids is 1. The van der Waals surface area contributed by atoms with Crippen molar-refractivity contribution in [2.24, 2.45) is 0 Å². The summed E-state index contributed by atoms with van der Waals surface area (Å²) in [6, 6.07) is 7.96. The minimum Gasteiger partial charge on any atom is -0.441 e. The number of carbonyl (C=O) groups is 1. The number of thiazole rings is 1. The number of aromatic nitrogens is 2. The van der Waals surface area contributed by atoms with Gasteiger partial charge in [-0.1, -0.05) is 17.7 Å². The van der Waals surface area contributed by atoms with Crippen molar-refractivity contribution in [1.82, 2.24) is 15.3 Å². The van der Waals surface area contributed by atoms with E-state index in [1.165, 1.54) is 0 Å². The fourth-order valence-electron chi connectivity index (χ4n) is 2.40. The van der Waals surface area contributed by atoms with Crippen LogP contribution in [0, 0.1) is 13.8 Å². The van der Waals surface area contributed by atoms with Crippen molar-refractivity contribution in [3.8, 4) is 11.5 Å². The molecule has 3 rings (SSSR count). The molecule has 2 aromatic heterocycles. The Kier molecular flexibility index (Phi) is 5.05. The molecule has 5 nitrogen and oxygen atoms in total. The first-order valence-electron chi connectivity index (χ1n) is 7.79. The highest BCUT2D eigenvalue weighted by atomic mass is 32.1. The van der Waals surface area contributed by atoms with Gasteiger partial charge in [0.1, 0.15) is 5.76 Å². The molecule has 0 aliphatic heterocycles. The van der Waals surface area contributed by atoms with Crippen LogP contribution in [0.5, 0.6) is 0 Å². The molecule has 24 heavy (non-hydrogen) atoms. The summed E-state index contributed by atoms with van der Waals surface area (Å²) in [5.41, 5.74) is 5.54. The van der Waals surface area contributed by atoms with Crippen molar-refractivity contribution in [2.75, 3.05) is 6.54 Å². The van der Waals surface area contributed by atoms with E-state index in [-0.39, 0.29) is 12.3 Å². The predicted molar refractivity (Wildman–Crippen MR) is 93.9 cm³/mol. The molecular formula is C18H19N3O2S. The number of aryl methyl sites for hydroxylation is 2. The molecule has 0 aliphatic carbocycles. The summed E-state index contributed by atoms with van der Waals surface area (Å²) in [6.45, 7) is 4.43. The first-order valence-corrected chi connectivity index (χ1v) is 8.73. The molecular weight excluding hydrogens is 322 g/mol. The van der Waals surface area contributed by atoms with E-state index in [1.807, 2.05) is 43.5 Å². The summed E-state index contributed by atoms with van der Waals surface area (Å²) in [7, 11) is 0. The Labute approximate surface area is 144 Å². The molecule has 0 spiro atoms. The van der Waals surface area contributed by atoms with Gasteiger partial charge in [-0.2, -0.15) is 0 Å². The van der Waals surface area contributed by atoms with Gasteiger partial charge in [-0.3, -0.25) is 4.79 Å². The monoisotopic (exact) mass is 341 g/mol. The quantitative estimate of drug-likeness (QED) is 0.747. The third-order valence-electron chi connectivity index (χ3n) is 3.67. The van der Waals surface area contributed by atoms with Crippen molar-refractivity contribution in [3.05, 3.63) is 57.9 Å². The van der Waals surface area contributed by atoms with Crippen molar-refractivity contribution in [2.45, 2.75) is 26.7 Å². The fraction of sp³-hybridized carbons (Fsp3) is 0.278. The third-order valence-corrected chi connectivity index (χ3v) is 4.31. The Hall–Kier alpha value is -2.47. The zero-order chi connectivity index (χ0) is 16.9. The maximum Gasteiger partial charge on any atom is 0.226 e. The zero-order valence-corrected chi connectivity index (χ0v) is 14.5. The molecule has 1 aromatic carbocycles. The van der Waals surface area contributed by atoms with Crippen LogP contribution in [0.1, 0.15) is 22.7 Å². The maximum atomic E-state index is 12.1. The topological polar surface area (TPSA) is 68.0 Å². The van der Waals surface area contributed by atoms with E-state index in [4.69, 9.17) is 4.42 Å². The van der Waals surface area contributed by atoms with E-state index in [0.29, 0.717) is 23.9 Å². The molecule has 1 amide bonds. The predicted octanol–water partition coefficient (Wildman–Crippen LogP) is 3.32. The molecule has 0 fully saturated rings. The molecule has 0 saturated heterocycles. The van der Waals surface area contributed by atoms with Crippen LogP contribution in [0.25, 0.3) is 11.5 Å². The van der Waals surface area contributed by atoms with Crippen LogP contribution in [0.4, 0.5) is 0 Å². The second-order valence-electron chi connectivity index (χ2n) is 5.65. The highest BCUT2D eigenvalue weighted by molar-refractivity contribution is 7.07. The smallest absolute Gasteiger partial charge is 0.226 e. The van der Waals surface area contributed by atoms with Crippen LogP contribution in [-0.2, 0) is 17.6 Å². The van der Waals surface area contributed by atoms with Crippen LogP contribution >= 0.6 is 11.3 Å². The van der Waals surface area contributed by atoms with Gasteiger partial charge < -0.3 is 9.73 Å². The normalized spacial score (nSPS) is 10.8. The largest absolute Gasteiger partial charge is 0.441 e. The minimum atomic E-state index is -0.0579. The van der Waals surface area contributed by atoms with Gasteiger partial charge in [0.15, 0.2) is 0 Å². The first-order chi connectivity index (χ1) is 11.6. The molecule has 124 valence electrons. The highest BCUT2D eigenvalue weighted by Crippen LogP contribution is 2.22. The number of amides is 1. The van der Waals surface area contributed by atoms with Gasteiger partial charge in [0.2, 0.25) is 11.8 Å². The number of oxazole rings is 1. The van der Waals surface area contributed by atoms with Crippen LogP contribution in [-0.4, -0.2) is 22.4 Å². The maximum absolute atomic E-state index is 12.1. The SMILES string of the molecule is Cc1cccc(-c2nc(CC(=O)NCCc3cscn3)c(C)o2)c1. The van der Waals surface area contributed by atoms with Gasteiger partial charge in [-0.05, 0) is 26.0 Å². The molecule has 6 heteroatoms. The third kappa shape index (κ3) is 4.08. The lowest BCUT2D eigenvalue weighted by molar-refractivity contribution is -0.120. The second kappa shape index (κ2) is 7.40. The Morgan fingerprint density at radius 3 is 2.96 bits per heavy atom. The number of benzene rings is 1. The van der Waals surface area contributed by atoms with E-state index >= 15 is 0 Å². The van der Waals surface area contributed by atoms with Crippen molar-refractivity contribution >= 4 is 17.2 Å². The van der Waals surface area contributed by atoms with Gasteiger partial charge in [0.05, 0.1) is 23.3 Å². The van der Waals surface area contributed by atoms with Gasteiger partial charge in [0.25, 0.3) is 0 Å². The molecule has 2 heterocycles. The van der Waals surface area contributed by atoms with Crippen LogP contribution < -0.4 is 5.32 Å². The molecule has 0 bridgehead atoms. The Morgan fingerprint density at radius 2 is 2.21 bits per heavy atom. The minimum absolute atomic E-state index is 0.0579.